The second kappa shape index (κ2) is 6.77. The molecule has 194 valence electrons. The van der Waals surface area contributed by atoms with Crippen molar-refractivity contribution in [2.75, 3.05) is 0 Å². The second-order valence-electron chi connectivity index (χ2n) is 13.7. The molecule has 0 aromatic rings. The van der Waals surface area contributed by atoms with E-state index in [1.165, 1.54) is 6.92 Å². The Morgan fingerprint density at radius 2 is 1.60 bits per heavy atom. The summed E-state index contributed by atoms with van der Waals surface area (Å²) < 4.78 is 5.74. The second-order valence-corrected chi connectivity index (χ2v) is 13.7. The topological polar surface area (TPSA) is 124 Å². The Bertz CT molecular complexity index is 1020. The highest BCUT2D eigenvalue weighted by molar-refractivity contribution is 5.97. The molecule has 1 heterocycles. The van der Waals surface area contributed by atoms with Crippen LogP contribution in [0.25, 0.3) is 0 Å². The van der Waals surface area contributed by atoms with E-state index >= 15 is 0 Å². The van der Waals surface area contributed by atoms with Crippen LogP contribution in [0, 0.1) is 39.9 Å². The van der Waals surface area contributed by atoms with Crippen molar-refractivity contribution in [3.8, 4) is 0 Å². The van der Waals surface area contributed by atoms with E-state index in [0.717, 1.165) is 6.42 Å². The van der Waals surface area contributed by atoms with Crippen LogP contribution in [0.3, 0.4) is 0 Å². The number of fused-ring (bicyclic) bond motifs is 7. The first-order chi connectivity index (χ1) is 16.2. The number of ketones is 1. The predicted molar refractivity (Wildman–Crippen MR) is 126 cm³/mol. The summed E-state index contributed by atoms with van der Waals surface area (Å²) in [6.07, 6.45) is 6.32. The SMILES string of the molecule is C[C@@]12C[C@@H](OC(=O)[C@]1(C)O)[C@@H]([C@]1(O)CC[C@H]3[C@@H]4C[C@@H](O)[C@@]5(O)CC=CC(=O)[C@]5(C)[C@H]4CC[C@@]31C)C2. The Balaban J connectivity index is 1.36. The average molecular weight is 489 g/mol. The summed E-state index contributed by atoms with van der Waals surface area (Å²) in [5, 5.41) is 46.2. The third kappa shape index (κ3) is 2.52. The quantitative estimate of drug-likeness (QED) is 0.418. The Labute approximate surface area is 206 Å². The molecule has 7 heteroatoms. The molecular formula is C28H40O7. The monoisotopic (exact) mass is 488 g/mol. The minimum Gasteiger partial charge on any atom is -0.460 e. The summed E-state index contributed by atoms with van der Waals surface area (Å²) in [6.45, 7) is 7.44. The average Bonchev–Trinajstić information content (AvgIpc) is 3.24. The minimum atomic E-state index is -1.58. The van der Waals surface area contributed by atoms with E-state index in [1.54, 1.807) is 12.2 Å². The first kappa shape index (κ1) is 24.1. The molecule has 5 fully saturated rings. The van der Waals surface area contributed by atoms with Crippen LogP contribution < -0.4 is 0 Å². The van der Waals surface area contributed by atoms with Crippen molar-refractivity contribution in [1.29, 1.82) is 0 Å². The molecule has 5 aliphatic carbocycles. The van der Waals surface area contributed by atoms with Crippen molar-refractivity contribution in [2.24, 2.45) is 39.9 Å². The lowest BCUT2D eigenvalue weighted by Gasteiger charge is -2.63. The fraction of sp³-hybridized carbons (Fsp3) is 0.857. The molecule has 0 aromatic carbocycles. The van der Waals surface area contributed by atoms with Crippen molar-refractivity contribution >= 4 is 11.8 Å². The summed E-state index contributed by atoms with van der Waals surface area (Å²) in [6, 6.07) is 0. The standard InChI is InChI=1S/C28H40O7/c1-23-13-18(19(14-23)35-22(31)26(23,4)32)27(33)11-8-16-15-12-21(30)28(34)9-5-6-20(29)25(28,3)17(15)7-10-24(16,27)2/h5-6,15-19,21,30,32-34H,7-14H2,1-4H3/t15-,16-,17-,18-,19+,21+,23+,24-,25-,26-,27+,28-/m0/s1. The highest BCUT2D eigenvalue weighted by Crippen LogP contribution is 2.71. The van der Waals surface area contributed by atoms with Crippen LogP contribution >= 0.6 is 0 Å². The molecule has 0 spiro atoms. The number of aliphatic hydroxyl groups excluding tert-OH is 1. The van der Waals surface area contributed by atoms with Gasteiger partial charge in [0, 0.05) is 11.3 Å². The van der Waals surface area contributed by atoms with Gasteiger partial charge in [-0.25, -0.2) is 4.79 Å². The number of aliphatic hydroxyl groups is 4. The molecule has 0 unspecified atom stereocenters. The fourth-order valence-corrected chi connectivity index (χ4v) is 10.2. The molecule has 2 bridgehead atoms. The number of carbonyl (C=O) groups is 2. The lowest BCUT2D eigenvalue weighted by molar-refractivity contribution is -0.241. The van der Waals surface area contributed by atoms with Crippen LogP contribution in [-0.2, 0) is 14.3 Å². The molecule has 4 saturated carbocycles. The van der Waals surface area contributed by atoms with Gasteiger partial charge in [-0.2, -0.15) is 0 Å². The van der Waals surface area contributed by atoms with Crippen molar-refractivity contribution in [3.05, 3.63) is 12.2 Å². The first-order valence-electron chi connectivity index (χ1n) is 13.4. The summed E-state index contributed by atoms with van der Waals surface area (Å²) in [5.74, 6) is -0.934. The molecule has 7 nitrogen and oxygen atoms in total. The van der Waals surface area contributed by atoms with Crippen molar-refractivity contribution in [3.63, 3.8) is 0 Å². The molecule has 12 atom stereocenters. The zero-order chi connectivity index (χ0) is 25.4. The number of hydrogen-bond acceptors (Lipinski definition) is 7. The normalized spacial score (nSPS) is 61.1. The minimum absolute atomic E-state index is 0.0144. The van der Waals surface area contributed by atoms with Crippen LogP contribution in [0.1, 0.15) is 79.1 Å². The number of hydrogen-bond donors (Lipinski definition) is 4. The predicted octanol–water partition coefficient (Wildman–Crippen LogP) is 2.28. The van der Waals surface area contributed by atoms with Gasteiger partial charge in [0.2, 0.25) is 0 Å². The highest BCUT2D eigenvalue weighted by atomic mass is 16.6. The van der Waals surface area contributed by atoms with Gasteiger partial charge in [0.05, 0.1) is 17.1 Å². The fourth-order valence-electron chi connectivity index (χ4n) is 10.2. The molecule has 6 aliphatic rings. The molecule has 1 saturated heterocycles. The molecule has 4 N–H and O–H groups in total. The van der Waals surface area contributed by atoms with Gasteiger partial charge < -0.3 is 25.2 Å². The van der Waals surface area contributed by atoms with Crippen LogP contribution in [0.4, 0.5) is 0 Å². The van der Waals surface area contributed by atoms with Crippen LogP contribution in [-0.4, -0.2) is 61.2 Å². The summed E-state index contributed by atoms with van der Waals surface area (Å²) in [4.78, 5) is 25.9. The van der Waals surface area contributed by atoms with Crippen LogP contribution in [0.15, 0.2) is 12.2 Å². The van der Waals surface area contributed by atoms with Gasteiger partial charge in [0.15, 0.2) is 11.4 Å². The number of rotatable bonds is 1. The number of ether oxygens (including phenoxy) is 1. The maximum Gasteiger partial charge on any atom is 0.338 e. The van der Waals surface area contributed by atoms with E-state index < -0.39 is 51.2 Å². The molecule has 0 amide bonds. The van der Waals surface area contributed by atoms with Crippen molar-refractivity contribution in [2.45, 2.75) is 108 Å². The van der Waals surface area contributed by atoms with E-state index in [0.29, 0.717) is 38.5 Å². The number of esters is 1. The van der Waals surface area contributed by atoms with E-state index in [4.69, 9.17) is 4.74 Å². The molecule has 0 radical (unpaired) electrons. The third-order valence-electron chi connectivity index (χ3n) is 12.8. The third-order valence-corrected chi connectivity index (χ3v) is 12.8. The Morgan fingerprint density at radius 1 is 0.914 bits per heavy atom. The van der Waals surface area contributed by atoms with Gasteiger partial charge >= 0.3 is 5.97 Å². The van der Waals surface area contributed by atoms with E-state index in [1.807, 2.05) is 13.8 Å². The van der Waals surface area contributed by atoms with Gasteiger partial charge in [-0.15, -0.1) is 0 Å². The smallest absolute Gasteiger partial charge is 0.338 e. The number of allylic oxidation sites excluding steroid dienone is 1. The van der Waals surface area contributed by atoms with Gasteiger partial charge in [0.1, 0.15) is 11.7 Å². The van der Waals surface area contributed by atoms with E-state index in [2.05, 4.69) is 6.92 Å². The number of carbonyl (C=O) groups excluding carboxylic acids is 2. The lowest BCUT2D eigenvalue weighted by Crippen LogP contribution is -2.70. The van der Waals surface area contributed by atoms with Gasteiger partial charge in [0.25, 0.3) is 0 Å². The summed E-state index contributed by atoms with van der Waals surface area (Å²) in [7, 11) is 0. The first-order valence-corrected chi connectivity index (χ1v) is 13.4. The van der Waals surface area contributed by atoms with E-state index in [9.17, 15) is 30.0 Å². The van der Waals surface area contributed by atoms with Crippen LogP contribution in [0.2, 0.25) is 0 Å². The van der Waals surface area contributed by atoms with Crippen molar-refractivity contribution in [1.82, 2.24) is 0 Å². The zero-order valence-corrected chi connectivity index (χ0v) is 21.3. The molecule has 6 rings (SSSR count). The van der Waals surface area contributed by atoms with Crippen LogP contribution in [0.5, 0.6) is 0 Å². The van der Waals surface area contributed by atoms with Crippen molar-refractivity contribution < 1.29 is 34.8 Å². The Kier molecular flexibility index (Phi) is 4.66. The molecule has 35 heavy (non-hydrogen) atoms. The molecule has 1 aliphatic heterocycles. The summed E-state index contributed by atoms with van der Waals surface area (Å²) >= 11 is 0. The van der Waals surface area contributed by atoms with Gasteiger partial charge in [-0.1, -0.05) is 19.9 Å². The van der Waals surface area contributed by atoms with Gasteiger partial charge in [-0.05, 0) is 94.5 Å². The summed E-state index contributed by atoms with van der Waals surface area (Å²) in [5.41, 5.74) is -6.26. The van der Waals surface area contributed by atoms with E-state index in [-0.39, 0.29) is 35.9 Å². The molecular weight excluding hydrogens is 448 g/mol. The Morgan fingerprint density at radius 3 is 2.31 bits per heavy atom. The highest BCUT2D eigenvalue weighted by Gasteiger charge is 2.74. The zero-order valence-electron chi connectivity index (χ0n) is 21.3. The van der Waals surface area contributed by atoms with Gasteiger partial charge in [-0.3, -0.25) is 4.79 Å². The Hall–Kier alpha value is -1.28. The lowest BCUT2D eigenvalue weighted by atomic mass is 9.42. The maximum atomic E-state index is 13.2. The largest absolute Gasteiger partial charge is 0.460 e. The molecule has 0 aromatic heterocycles. The maximum absolute atomic E-state index is 13.2.